The van der Waals surface area contributed by atoms with Gasteiger partial charge < -0.3 is 0 Å². The molecule has 0 aliphatic heterocycles. The number of carbonyl (C=O) groups excluding carboxylic acids is 1. The highest BCUT2D eigenvalue weighted by molar-refractivity contribution is 6.84. The van der Waals surface area contributed by atoms with Gasteiger partial charge in [0.05, 0.1) is 8.07 Å². The summed E-state index contributed by atoms with van der Waals surface area (Å²) >= 11 is 0. The van der Waals surface area contributed by atoms with Crippen molar-refractivity contribution in [1.82, 2.24) is 0 Å². The van der Waals surface area contributed by atoms with Crippen LogP contribution in [0.5, 0.6) is 0 Å². The summed E-state index contributed by atoms with van der Waals surface area (Å²) in [6, 6.07) is 0. The van der Waals surface area contributed by atoms with Gasteiger partial charge in [0.15, 0.2) is 0 Å². The second-order valence-corrected chi connectivity index (χ2v) is 11.7. The lowest BCUT2D eigenvalue weighted by Gasteiger charge is -2.41. The molecule has 0 fully saturated rings. The number of Topliss-reactive ketones (excluding diaryl/α,β-unsaturated/α-hetero) is 1. The summed E-state index contributed by atoms with van der Waals surface area (Å²) in [5.41, 5.74) is 0.294. The van der Waals surface area contributed by atoms with E-state index in [0.29, 0.717) is 16.4 Å². The number of carbonyl (C=O) groups is 1. The van der Waals surface area contributed by atoms with E-state index in [1.807, 2.05) is 0 Å². The van der Waals surface area contributed by atoms with Crippen LogP contribution in [0.1, 0.15) is 47.5 Å². The second-order valence-electron chi connectivity index (χ2n) is 5.91. The molecule has 14 heavy (non-hydrogen) atoms. The molecule has 0 aliphatic carbocycles. The van der Waals surface area contributed by atoms with E-state index in [4.69, 9.17) is 0 Å². The van der Waals surface area contributed by atoms with Crippen LogP contribution >= 0.6 is 0 Å². The van der Waals surface area contributed by atoms with E-state index in [0.717, 1.165) is 12.8 Å². The molecule has 0 aromatic carbocycles. The topological polar surface area (TPSA) is 17.1 Å². The molecule has 0 N–H and O–H groups in total. The van der Waals surface area contributed by atoms with Crippen molar-refractivity contribution >= 4 is 13.9 Å². The summed E-state index contributed by atoms with van der Waals surface area (Å²) in [6.45, 7) is 15.7. The van der Waals surface area contributed by atoms with Crippen molar-refractivity contribution in [3.63, 3.8) is 0 Å². The lowest BCUT2D eigenvalue weighted by Crippen LogP contribution is -2.44. The number of rotatable bonds is 4. The SMILES string of the molecule is CCCC(=O)C(C)[Si](C)(C)C(C)(C)C. The van der Waals surface area contributed by atoms with E-state index in [-0.39, 0.29) is 0 Å². The Morgan fingerprint density at radius 3 is 2.00 bits per heavy atom. The molecule has 0 saturated carbocycles. The van der Waals surface area contributed by atoms with Gasteiger partial charge in [-0.1, -0.05) is 47.7 Å². The van der Waals surface area contributed by atoms with Gasteiger partial charge in [-0.25, -0.2) is 0 Å². The van der Waals surface area contributed by atoms with E-state index in [1.54, 1.807) is 0 Å². The minimum atomic E-state index is -1.46. The van der Waals surface area contributed by atoms with Crippen molar-refractivity contribution in [3.05, 3.63) is 0 Å². The van der Waals surface area contributed by atoms with Crippen molar-refractivity contribution in [2.45, 2.75) is 71.1 Å². The largest absolute Gasteiger partial charge is 0.300 e. The van der Waals surface area contributed by atoms with Gasteiger partial charge in [0.2, 0.25) is 0 Å². The van der Waals surface area contributed by atoms with E-state index >= 15 is 0 Å². The highest BCUT2D eigenvalue weighted by Gasteiger charge is 2.42. The summed E-state index contributed by atoms with van der Waals surface area (Å²) in [5.74, 6) is 0.471. The van der Waals surface area contributed by atoms with Crippen LogP contribution in [0.2, 0.25) is 23.7 Å². The molecule has 0 rings (SSSR count). The predicted octanol–water partition coefficient (Wildman–Crippen LogP) is 4.25. The number of hydrogen-bond donors (Lipinski definition) is 0. The zero-order valence-corrected chi connectivity index (χ0v) is 11.9. The van der Waals surface area contributed by atoms with Crippen molar-refractivity contribution in [2.75, 3.05) is 0 Å². The molecule has 0 bridgehead atoms. The van der Waals surface area contributed by atoms with Crippen LogP contribution in [-0.4, -0.2) is 13.9 Å². The minimum absolute atomic E-state index is 0.294. The number of ketones is 1. The van der Waals surface area contributed by atoms with Gasteiger partial charge in [-0.15, -0.1) is 0 Å². The molecule has 84 valence electrons. The minimum Gasteiger partial charge on any atom is -0.300 e. The van der Waals surface area contributed by atoms with Gasteiger partial charge in [0, 0.05) is 12.0 Å². The molecule has 1 atom stereocenters. The Balaban J connectivity index is 4.66. The zero-order valence-electron chi connectivity index (χ0n) is 10.9. The molecule has 0 aromatic rings. The normalized spacial score (nSPS) is 15.4. The van der Waals surface area contributed by atoms with E-state index in [1.165, 1.54) is 0 Å². The lowest BCUT2D eigenvalue weighted by molar-refractivity contribution is -0.118. The molecule has 1 unspecified atom stereocenters. The van der Waals surface area contributed by atoms with Crippen molar-refractivity contribution < 1.29 is 4.79 Å². The second kappa shape index (κ2) is 4.60. The first-order valence-electron chi connectivity index (χ1n) is 5.67. The fourth-order valence-electron chi connectivity index (χ4n) is 1.51. The van der Waals surface area contributed by atoms with Crippen LogP contribution in [-0.2, 0) is 4.79 Å². The molecule has 0 saturated heterocycles. The van der Waals surface area contributed by atoms with Gasteiger partial charge in [-0.05, 0) is 11.5 Å². The van der Waals surface area contributed by atoms with Crippen LogP contribution in [0.3, 0.4) is 0 Å². The molecule has 0 radical (unpaired) electrons. The summed E-state index contributed by atoms with van der Waals surface area (Å²) in [4.78, 5) is 11.9. The third-order valence-corrected chi connectivity index (χ3v) is 10.3. The molecule has 0 aliphatic rings. The zero-order chi connectivity index (χ0) is 11.6. The summed E-state index contributed by atoms with van der Waals surface area (Å²) < 4.78 is 0. The van der Waals surface area contributed by atoms with E-state index < -0.39 is 8.07 Å². The van der Waals surface area contributed by atoms with Crippen LogP contribution in [0.4, 0.5) is 0 Å². The Morgan fingerprint density at radius 1 is 1.29 bits per heavy atom. The van der Waals surface area contributed by atoms with Gasteiger partial charge in [0.1, 0.15) is 5.78 Å². The van der Waals surface area contributed by atoms with Crippen molar-refractivity contribution in [3.8, 4) is 0 Å². The molecule has 0 spiro atoms. The fourth-order valence-corrected chi connectivity index (χ4v) is 3.76. The third-order valence-electron chi connectivity index (χ3n) is 3.99. The maximum Gasteiger partial charge on any atom is 0.133 e. The standard InChI is InChI=1S/C12H26OSi/c1-8-9-11(13)10(2)14(6,7)12(3,4)5/h10H,8-9H2,1-7H3. The average molecular weight is 214 g/mol. The van der Waals surface area contributed by atoms with Gasteiger partial charge in [0.25, 0.3) is 0 Å². The highest BCUT2D eigenvalue weighted by atomic mass is 28.3. The first-order chi connectivity index (χ1) is 6.14. The fraction of sp³-hybridized carbons (Fsp3) is 0.917. The van der Waals surface area contributed by atoms with Gasteiger partial charge >= 0.3 is 0 Å². The first kappa shape index (κ1) is 13.9. The average Bonchev–Trinajstić information content (AvgIpc) is 2.01. The molecule has 0 heterocycles. The Kier molecular flexibility index (Phi) is 4.57. The lowest BCUT2D eigenvalue weighted by atomic mass is 10.2. The maximum absolute atomic E-state index is 11.9. The molecular weight excluding hydrogens is 188 g/mol. The summed E-state index contributed by atoms with van der Waals surface area (Å²) in [6.07, 6.45) is 1.74. The Bertz CT molecular complexity index is 201. The van der Waals surface area contributed by atoms with Crippen molar-refractivity contribution in [1.29, 1.82) is 0 Å². The third kappa shape index (κ3) is 2.94. The van der Waals surface area contributed by atoms with Crippen LogP contribution in [0.15, 0.2) is 0 Å². The highest BCUT2D eigenvalue weighted by Crippen LogP contribution is 2.43. The van der Waals surface area contributed by atoms with Crippen molar-refractivity contribution in [2.24, 2.45) is 0 Å². The summed E-state index contributed by atoms with van der Waals surface area (Å²) in [7, 11) is -1.46. The predicted molar refractivity (Wildman–Crippen MR) is 66.5 cm³/mol. The first-order valence-corrected chi connectivity index (χ1v) is 8.75. The van der Waals surface area contributed by atoms with Gasteiger partial charge in [-0.2, -0.15) is 0 Å². The Labute approximate surface area is 90.3 Å². The van der Waals surface area contributed by atoms with Crippen LogP contribution in [0, 0.1) is 0 Å². The smallest absolute Gasteiger partial charge is 0.133 e. The molecule has 2 heteroatoms. The molecule has 0 amide bonds. The number of hydrogen-bond acceptors (Lipinski definition) is 1. The molecule has 0 aromatic heterocycles. The van der Waals surface area contributed by atoms with Crippen LogP contribution in [0.25, 0.3) is 0 Å². The molecular formula is C12H26OSi. The monoisotopic (exact) mass is 214 g/mol. The summed E-state index contributed by atoms with van der Waals surface area (Å²) in [5, 5.41) is 0.315. The van der Waals surface area contributed by atoms with E-state index in [9.17, 15) is 4.79 Å². The molecule has 1 nitrogen and oxygen atoms in total. The Hall–Kier alpha value is -0.113. The quantitative estimate of drug-likeness (QED) is 0.639. The van der Waals surface area contributed by atoms with Crippen LogP contribution < -0.4 is 0 Å². The Morgan fingerprint density at radius 2 is 1.71 bits per heavy atom. The maximum atomic E-state index is 11.9. The van der Waals surface area contributed by atoms with Gasteiger partial charge in [-0.3, -0.25) is 4.79 Å². The van der Waals surface area contributed by atoms with E-state index in [2.05, 4.69) is 47.7 Å².